The van der Waals surface area contributed by atoms with Gasteiger partial charge >= 0.3 is 5.97 Å². The van der Waals surface area contributed by atoms with Crippen molar-refractivity contribution in [2.24, 2.45) is 0 Å². The number of carbonyl (C=O) groups is 3. The van der Waals surface area contributed by atoms with Crippen LogP contribution in [0.1, 0.15) is 40.6 Å². The maximum atomic E-state index is 13.5. The van der Waals surface area contributed by atoms with Crippen LogP contribution in [-0.2, 0) is 22.4 Å². The van der Waals surface area contributed by atoms with Gasteiger partial charge in [0.2, 0.25) is 0 Å². The molecule has 0 amide bonds. The molecule has 0 saturated heterocycles. The normalized spacial score (nSPS) is 10.9. The second-order valence-electron chi connectivity index (χ2n) is 8.01. The molecule has 0 unspecified atom stereocenters. The van der Waals surface area contributed by atoms with E-state index in [1.807, 2.05) is 30.3 Å². The fourth-order valence-corrected chi connectivity index (χ4v) is 4.86. The predicted molar refractivity (Wildman–Crippen MR) is 138 cm³/mol. The number of Topliss-reactive ketones (excluding diaryl/α,β-unsaturated/α-hetero) is 1. The smallest absolute Gasteiger partial charge is 0.315 e. The summed E-state index contributed by atoms with van der Waals surface area (Å²) in [5.74, 6) is -0.133. The minimum atomic E-state index is -0.422. The fourth-order valence-electron chi connectivity index (χ4n) is 3.68. The number of hydrogen-bond donors (Lipinski definition) is 1. The Kier molecular flexibility index (Phi) is 7.52. The summed E-state index contributed by atoms with van der Waals surface area (Å²) in [5, 5.41) is 10.5. The summed E-state index contributed by atoms with van der Waals surface area (Å²) in [7, 11) is 0. The number of rotatable bonds is 8. The molecule has 0 aliphatic carbocycles. The van der Waals surface area contributed by atoms with Crippen LogP contribution in [0.4, 0.5) is 0 Å². The van der Waals surface area contributed by atoms with Gasteiger partial charge in [-0.25, -0.2) is 0 Å². The number of halogens is 2. The lowest BCUT2D eigenvalue weighted by Gasteiger charge is -2.07. The molecular formula is C27H20Br2O6. The van der Waals surface area contributed by atoms with Gasteiger partial charge in [-0.1, -0.05) is 30.3 Å². The van der Waals surface area contributed by atoms with Crippen molar-refractivity contribution in [1.82, 2.24) is 0 Å². The Balaban J connectivity index is 1.69. The molecular weight excluding hydrogens is 580 g/mol. The number of aryl methyl sites for hydroxylation is 1. The monoisotopic (exact) mass is 598 g/mol. The van der Waals surface area contributed by atoms with Crippen LogP contribution in [0.2, 0.25) is 0 Å². The lowest BCUT2D eigenvalue weighted by atomic mass is 9.98. The third-order valence-corrected chi connectivity index (χ3v) is 6.58. The number of phenols is 1. The van der Waals surface area contributed by atoms with E-state index in [1.54, 1.807) is 18.2 Å². The van der Waals surface area contributed by atoms with Crippen molar-refractivity contribution < 1.29 is 28.6 Å². The SMILES string of the molecule is CC(=O)CCc1oc2cc(OC(=O)Cc3ccccc3)ccc2c1C(=O)c1cc(Br)c(O)c(Br)c1. The summed E-state index contributed by atoms with van der Waals surface area (Å²) < 4.78 is 12.2. The second-order valence-corrected chi connectivity index (χ2v) is 9.72. The molecule has 4 rings (SSSR count). The van der Waals surface area contributed by atoms with E-state index in [0.29, 0.717) is 42.6 Å². The van der Waals surface area contributed by atoms with Crippen molar-refractivity contribution in [3.8, 4) is 11.5 Å². The van der Waals surface area contributed by atoms with Crippen LogP contribution in [0.25, 0.3) is 11.0 Å². The van der Waals surface area contributed by atoms with E-state index in [2.05, 4.69) is 31.9 Å². The van der Waals surface area contributed by atoms with Gasteiger partial charge < -0.3 is 19.1 Å². The van der Waals surface area contributed by atoms with E-state index in [-0.39, 0.29) is 36.6 Å². The molecule has 0 saturated carbocycles. The zero-order chi connectivity index (χ0) is 25.1. The van der Waals surface area contributed by atoms with E-state index in [4.69, 9.17) is 9.15 Å². The maximum absolute atomic E-state index is 13.5. The van der Waals surface area contributed by atoms with Crippen molar-refractivity contribution in [3.05, 3.63) is 92.1 Å². The molecule has 35 heavy (non-hydrogen) atoms. The average molecular weight is 600 g/mol. The first-order valence-corrected chi connectivity index (χ1v) is 12.3. The quantitative estimate of drug-likeness (QED) is 0.140. The first-order valence-electron chi connectivity index (χ1n) is 10.7. The van der Waals surface area contributed by atoms with Crippen LogP contribution in [0.15, 0.2) is 74.0 Å². The number of hydrogen-bond acceptors (Lipinski definition) is 6. The van der Waals surface area contributed by atoms with Crippen LogP contribution in [0.3, 0.4) is 0 Å². The summed E-state index contributed by atoms with van der Waals surface area (Å²) in [4.78, 5) is 37.5. The van der Waals surface area contributed by atoms with Crippen molar-refractivity contribution in [2.45, 2.75) is 26.2 Å². The Morgan fingerprint density at radius 2 is 1.66 bits per heavy atom. The van der Waals surface area contributed by atoms with Gasteiger partial charge in [-0.15, -0.1) is 0 Å². The highest BCUT2D eigenvalue weighted by atomic mass is 79.9. The topological polar surface area (TPSA) is 93.8 Å². The predicted octanol–water partition coefficient (Wildman–Crippen LogP) is 6.56. The summed E-state index contributed by atoms with van der Waals surface area (Å²) in [5.41, 5.74) is 1.86. The largest absolute Gasteiger partial charge is 0.506 e. The van der Waals surface area contributed by atoms with Crippen LogP contribution in [0.5, 0.6) is 11.5 Å². The fraction of sp³-hybridized carbons (Fsp3) is 0.148. The molecule has 0 aliphatic rings. The minimum Gasteiger partial charge on any atom is -0.506 e. The number of ether oxygens (including phenoxy) is 1. The maximum Gasteiger partial charge on any atom is 0.315 e. The molecule has 0 aliphatic heterocycles. The van der Waals surface area contributed by atoms with E-state index < -0.39 is 5.97 Å². The molecule has 1 aromatic heterocycles. The van der Waals surface area contributed by atoms with Gasteiger partial charge in [-0.2, -0.15) is 0 Å². The van der Waals surface area contributed by atoms with Crippen molar-refractivity contribution in [1.29, 1.82) is 0 Å². The van der Waals surface area contributed by atoms with Gasteiger partial charge in [0.05, 0.1) is 20.9 Å². The summed E-state index contributed by atoms with van der Waals surface area (Å²) in [6.45, 7) is 1.47. The van der Waals surface area contributed by atoms with E-state index in [1.165, 1.54) is 19.1 Å². The molecule has 0 atom stereocenters. The Labute approximate surface area is 218 Å². The number of esters is 1. The van der Waals surface area contributed by atoms with Gasteiger partial charge in [0.1, 0.15) is 28.6 Å². The van der Waals surface area contributed by atoms with Crippen LogP contribution in [0, 0.1) is 0 Å². The zero-order valence-corrected chi connectivity index (χ0v) is 21.8. The Morgan fingerprint density at radius 3 is 2.31 bits per heavy atom. The average Bonchev–Trinajstić information content (AvgIpc) is 3.18. The number of phenolic OH excluding ortho intramolecular Hbond substituents is 1. The lowest BCUT2D eigenvalue weighted by molar-refractivity contribution is -0.133. The molecule has 0 bridgehead atoms. The molecule has 0 spiro atoms. The zero-order valence-electron chi connectivity index (χ0n) is 18.6. The van der Waals surface area contributed by atoms with E-state index in [9.17, 15) is 19.5 Å². The van der Waals surface area contributed by atoms with Gasteiger partial charge in [0, 0.05) is 29.9 Å². The van der Waals surface area contributed by atoms with Crippen molar-refractivity contribution in [3.63, 3.8) is 0 Å². The van der Waals surface area contributed by atoms with Gasteiger partial charge in [0.15, 0.2) is 5.78 Å². The number of furan rings is 1. The molecule has 6 nitrogen and oxygen atoms in total. The molecule has 3 aromatic carbocycles. The van der Waals surface area contributed by atoms with E-state index in [0.717, 1.165) is 5.56 Å². The number of aromatic hydroxyl groups is 1. The van der Waals surface area contributed by atoms with E-state index >= 15 is 0 Å². The van der Waals surface area contributed by atoms with Crippen LogP contribution < -0.4 is 4.74 Å². The summed E-state index contributed by atoms with van der Waals surface area (Å²) in [6.07, 6.45) is 0.575. The number of fused-ring (bicyclic) bond motifs is 1. The Hall–Kier alpha value is -3.23. The highest BCUT2D eigenvalue weighted by Crippen LogP contribution is 2.36. The minimum absolute atomic E-state index is 0.0163. The highest BCUT2D eigenvalue weighted by molar-refractivity contribution is 9.11. The number of carbonyl (C=O) groups excluding carboxylic acids is 3. The van der Waals surface area contributed by atoms with Gasteiger partial charge in [-0.3, -0.25) is 9.59 Å². The number of ketones is 2. The molecule has 178 valence electrons. The third-order valence-electron chi connectivity index (χ3n) is 5.37. The van der Waals surface area contributed by atoms with Crippen LogP contribution in [-0.4, -0.2) is 22.6 Å². The van der Waals surface area contributed by atoms with Crippen molar-refractivity contribution >= 4 is 60.4 Å². The molecule has 8 heteroatoms. The summed E-state index contributed by atoms with van der Waals surface area (Å²) >= 11 is 6.51. The standard InChI is InChI=1S/C27H20Br2O6/c1-15(30)7-10-22-25(26(32)17-12-20(28)27(33)21(29)13-17)19-9-8-18(14-23(19)35-22)34-24(31)11-16-5-3-2-4-6-16/h2-6,8-9,12-14,33H,7,10-11H2,1H3. The lowest BCUT2D eigenvalue weighted by Crippen LogP contribution is -2.11. The Morgan fingerprint density at radius 1 is 0.971 bits per heavy atom. The van der Waals surface area contributed by atoms with Crippen molar-refractivity contribution in [2.75, 3.05) is 0 Å². The first kappa shape index (κ1) is 24.9. The first-order chi connectivity index (χ1) is 16.7. The highest BCUT2D eigenvalue weighted by Gasteiger charge is 2.24. The second kappa shape index (κ2) is 10.6. The molecule has 0 fully saturated rings. The number of benzene rings is 3. The van der Waals surface area contributed by atoms with Gasteiger partial charge in [-0.05, 0) is 68.6 Å². The molecule has 0 radical (unpaired) electrons. The molecule has 1 heterocycles. The third kappa shape index (κ3) is 5.71. The molecule has 1 N–H and O–H groups in total. The molecule has 4 aromatic rings. The van der Waals surface area contributed by atoms with Crippen LogP contribution >= 0.6 is 31.9 Å². The summed E-state index contributed by atoms with van der Waals surface area (Å²) in [6, 6.07) is 17.1. The van der Waals surface area contributed by atoms with Gasteiger partial charge in [0.25, 0.3) is 0 Å². The Bertz CT molecular complexity index is 1420.